The van der Waals surface area contributed by atoms with E-state index in [0.29, 0.717) is 17.2 Å². The van der Waals surface area contributed by atoms with Crippen LogP contribution in [0.25, 0.3) is 0 Å². The molecular weight excluding hydrogens is 242 g/mol. The van der Waals surface area contributed by atoms with E-state index in [1.54, 1.807) is 24.3 Å². The van der Waals surface area contributed by atoms with Crippen molar-refractivity contribution in [1.82, 2.24) is 0 Å². The van der Waals surface area contributed by atoms with Crippen LogP contribution in [0.1, 0.15) is 24.8 Å². The number of aliphatic carboxylic acids is 1. The van der Waals surface area contributed by atoms with Gasteiger partial charge in [0.15, 0.2) is 0 Å². The van der Waals surface area contributed by atoms with Gasteiger partial charge in [-0.15, -0.1) is 0 Å². The average Bonchev–Trinajstić information content (AvgIpc) is 3.21. The fourth-order valence-electron chi connectivity index (χ4n) is 2.73. The Morgan fingerprint density at radius 3 is 2.79 bits per heavy atom. The quantitative estimate of drug-likeness (QED) is 0.852. The molecule has 2 N–H and O–H groups in total. The van der Waals surface area contributed by atoms with Gasteiger partial charge in [0.05, 0.1) is 6.42 Å². The third kappa shape index (κ3) is 2.95. The predicted molar refractivity (Wildman–Crippen MR) is 70.7 cm³/mol. The van der Waals surface area contributed by atoms with Crippen molar-refractivity contribution in [3.05, 3.63) is 29.8 Å². The Bertz CT molecular complexity index is 522. The normalized spacial score (nSPS) is 24.8. The highest BCUT2D eigenvalue weighted by molar-refractivity contribution is 5.94. The molecule has 2 aliphatic carbocycles. The second kappa shape index (κ2) is 4.68. The molecule has 1 aromatic rings. The lowest BCUT2D eigenvalue weighted by molar-refractivity contribution is -0.136. The molecule has 2 saturated carbocycles. The Hall–Kier alpha value is -1.84. The van der Waals surface area contributed by atoms with Gasteiger partial charge in [-0.05, 0) is 48.8 Å². The minimum Gasteiger partial charge on any atom is -0.481 e. The Balaban J connectivity index is 1.59. The van der Waals surface area contributed by atoms with Crippen LogP contribution in [0.15, 0.2) is 24.3 Å². The number of nitrogens with one attached hydrogen (secondary N) is 1. The molecule has 0 bridgehead atoms. The molecule has 1 aromatic carbocycles. The molecular formula is C15H17NO3. The first-order chi connectivity index (χ1) is 9.13. The van der Waals surface area contributed by atoms with Crippen LogP contribution in [0.3, 0.4) is 0 Å². The number of carboxylic acid groups (broad SMARTS) is 1. The van der Waals surface area contributed by atoms with Crippen molar-refractivity contribution >= 4 is 17.6 Å². The minimum absolute atomic E-state index is 0.0160. The van der Waals surface area contributed by atoms with Crippen molar-refractivity contribution in [3.8, 4) is 0 Å². The highest BCUT2D eigenvalue weighted by Crippen LogP contribution is 2.54. The SMILES string of the molecule is O=C(O)Cc1cccc(NC(=O)[C@@H]2C[C@@H]2C2CC2)c1. The number of anilines is 1. The second-order valence-corrected chi connectivity index (χ2v) is 5.60. The molecule has 4 heteroatoms. The number of amides is 1. The van der Waals surface area contributed by atoms with E-state index in [4.69, 9.17) is 5.11 Å². The molecule has 0 aromatic heterocycles. The molecule has 0 radical (unpaired) electrons. The van der Waals surface area contributed by atoms with Gasteiger partial charge in [-0.2, -0.15) is 0 Å². The summed E-state index contributed by atoms with van der Waals surface area (Å²) in [5, 5.41) is 11.7. The summed E-state index contributed by atoms with van der Waals surface area (Å²) in [6, 6.07) is 7.07. The summed E-state index contributed by atoms with van der Waals surface area (Å²) in [5.74, 6) is 0.788. The van der Waals surface area contributed by atoms with Gasteiger partial charge < -0.3 is 10.4 Å². The van der Waals surface area contributed by atoms with Crippen molar-refractivity contribution in [3.63, 3.8) is 0 Å². The van der Waals surface area contributed by atoms with Gasteiger partial charge in [0, 0.05) is 11.6 Å². The highest BCUT2D eigenvalue weighted by atomic mass is 16.4. The van der Waals surface area contributed by atoms with Gasteiger partial charge in [0.2, 0.25) is 5.91 Å². The molecule has 2 atom stereocenters. The number of rotatable bonds is 5. The lowest BCUT2D eigenvalue weighted by Crippen LogP contribution is -2.15. The predicted octanol–water partition coefficient (Wildman–Crippen LogP) is 2.30. The highest BCUT2D eigenvalue weighted by Gasteiger charge is 2.51. The van der Waals surface area contributed by atoms with E-state index < -0.39 is 5.97 Å². The first-order valence-electron chi connectivity index (χ1n) is 6.75. The zero-order valence-electron chi connectivity index (χ0n) is 10.6. The molecule has 100 valence electrons. The summed E-state index contributed by atoms with van der Waals surface area (Å²) in [5.41, 5.74) is 1.41. The minimum atomic E-state index is -0.862. The number of benzene rings is 1. The maximum atomic E-state index is 12.0. The first-order valence-corrected chi connectivity index (χ1v) is 6.75. The summed E-state index contributed by atoms with van der Waals surface area (Å²) in [6.45, 7) is 0. The van der Waals surface area contributed by atoms with Crippen molar-refractivity contribution < 1.29 is 14.7 Å². The van der Waals surface area contributed by atoms with Crippen molar-refractivity contribution in [2.24, 2.45) is 17.8 Å². The third-order valence-corrected chi connectivity index (χ3v) is 3.95. The molecule has 19 heavy (non-hydrogen) atoms. The molecule has 2 fully saturated rings. The van der Waals surface area contributed by atoms with E-state index in [1.165, 1.54) is 12.8 Å². The summed E-state index contributed by atoms with van der Waals surface area (Å²) < 4.78 is 0. The lowest BCUT2D eigenvalue weighted by Gasteiger charge is -2.06. The van der Waals surface area contributed by atoms with Crippen LogP contribution in [-0.2, 0) is 16.0 Å². The maximum Gasteiger partial charge on any atom is 0.307 e. The maximum absolute atomic E-state index is 12.0. The summed E-state index contributed by atoms with van der Waals surface area (Å²) in [7, 11) is 0. The number of hydrogen-bond acceptors (Lipinski definition) is 2. The lowest BCUT2D eigenvalue weighted by atomic mass is 10.1. The van der Waals surface area contributed by atoms with Crippen molar-refractivity contribution in [1.29, 1.82) is 0 Å². The monoisotopic (exact) mass is 259 g/mol. The Labute approximate surface area is 111 Å². The van der Waals surface area contributed by atoms with Crippen molar-refractivity contribution in [2.75, 3.05) is 5.32 Å². The van der Waals surface area contributed by atoms with Crippen LogP contribution in [-0.4, -0.2) is 17.0 Å². The fourth-order valence-corrected chi connectivity index (χ4v) is 2.73. The molecule has 0 aliphatic heterocycles. The molecule has 0 spiro atoms. The van der Waals surface area contributed by atoms with Crippen LogP contribution in [0.5, 0.6) is 0 Å². The molecule has 4 nitrogen and oxygen atoms in total. The number of carbonyl (C=O) groups is 2. The van der Waals surface area contributed by atoms with Crippen molar-refractivity contribution in [2.45, 2.75) is 25.7 Å². The number of carboxylic acids is 1. The van der Waals surface area contributed by atoms with Gasteiger partial charge >= 0.3 is 5.97 Å². The summed E-state index contributed by atoms with van der Waals surface area (Å²) in [4.78, 5) is 22.7. The van der Waals surface area contributed by atoms with E-state index >= 15 is 0 Å². The van der Waals surface area contributed by atoms with E-state index in [0.717, 1.165) is 12.3 Å². The number of carbonyl (C=O) groups excluding carboxylic acids is 1. The van der Waals surface area contributed by atoms with E-state index in [2.05, 4.69) is 5.32 Å². The van der Waals surface area contributed by atoms with Crippen LogP contribution in [0, 0.1) is 17.8 Å². The van der Waals surface area contributed by atoms with E-state index in [1.807, 2.05) is 0 Å². The Morgan fingerprint density at radius 2 is 2.11 bits per heavy atom. The molecule has 0 unspecified atom stereocenters. The van der Waals surface area contributed by atoms with Gasteiger partial charge in [-0.1, -0.05) is 12.1 Å². The molecule has 0 heterocycles. The molecule has 0 saturated heterocycles. The van der Waals surface area contributed by atoms with Gasteiger partial charge in [0.25, 0.3) is 0 Å². The van der Waals surface area contributed by atoms with Gasteiger partial charge in [-0.25, -0.2) is 0 Å². The van der Waals surface area contributed by atoms with E-state index in [9.17, 15) is 9.59 Å². The third-order valence-electron chi connectivity index (χ3n) is 3.95. The Kier molecular flexibility index (Phi) is 3.01. The zero-order valence-corrected chi connectivity index (χ0v) is 10.6. The fraction of sp³-hybridized carbons (Fsp3) is 0.467. The van der Waals surface area contributed by atoms with Crippen LogP contribution in [0.2, 0.25) is 0 Å². The summed E-state index contributed by atoms with van der Waals surface area (Å²) in [6.07, 6.45) is 3.56. The second-order valence-electron chi connectivity index (χ2n) is 5.60. The molecule has 2 aliphatic rings. The molecule has 3 rings (SSSR count). The van der Waals surface area contributed by atoms with E-state index in [-0.39, 0.29) is 18.2 Å². The van der Waals surface area contributed by atoms with Crippen LogP contribution < -0.4 is 5.32 Å². The number of hydrogen-bond donors (Lipinski definition) is 2. The van der Waals surface area contributed by atoms with Gasteiger partial charge in [0.1, 0.15) is 0 Å². The largest absolute Gasteiger partial charge is 0.481 e. The summed E-state index contributed by atoms with van der Waals surface area (Å²) >= 11 is 0. The van der Waals surface area contributed by atoms with Gasteiger partial charge in [-0.3, -0.25) is 9.59 Å². The molecule has 1 amide bonds. The first kappa shape index (κ1) is 12.2. The zero-order chi connectivity index (χ0) is 13.4. The standard InChI is InChI=1S/C15H17NO3/c17-14(18)7-9-2-1-3-11(6-9)16-15(19)13-8-12(13)10-4-5-10/h1-3,6,10,12-13H,4-5,7-8H2,(H,16,19)(H,17,18)/t12-,13-/m1/s1. The topological polar surface area (TPSA) is 66.4 Å². The average molecular weight is 259 g/mol. The van der Waals surface area contributed by atoms with Crippen LogP contribution >= 0.6 is 0 Å². The Morgan fingerprint density at radius 1 is 1.32 bits per heavy atom. The van der Waals surface area contributed by atoms with Crippen LogP contribution in [0.4, 0.5) is 5.69 Å². The smallest absolute Gasteiger partial charge is 0.307 e.